The van der Waals surface area contributed by atoms with Crippen molar-refractivity contribution in [3.8, 4) is 0 Å². The van der Waals surface area contributed by atoms with Gasteiger partial charge in [-0.05, 0) is 0 Å². The van der Waals surface area contributed by atoms with Gasteiger partial charge in [0.15, 0.2) is 0 Å². The molecule has 0 N–H and O–H groups in total. The van der Waals surface area contributed by atoms with Gasteiger partial charge in [0.1, 0.15) is 0 Å². The van der Waals surface area contributed by atoms with E-state index in [0.29, 0.717) is 0 Å². The first kappa shape index (κ1) is 30.1. The van der Waals surface area contributed by atoms with Crippen LogP contribution in [0, 0.1) is 0 Å². The second-order valence-corrected chi connectivity index (χ2v) is 4.04. The van der Waals surface area contributed by atoms with Gasteiger partial charge in [0.05, 0.1) is 12.8 Å². The average molecular weight is 480 g/mol. The Labute approximate surface area is 150 Å². The van der Waals surface area contributed by atoms with Crippen LogP contribution in [-0.4, -0.2) is 47.8 Å². The van der Waals surface area contributed by atoms with Crippen molar-refractivity contribution in [3.05, 3.63) is 0 Å². The maximum absolute atomic E-state index is 11.3. The molecule has 0 rings (SSSR count). The smallest absolute Gasteiger partial charge is 0.289 e. The van der Waals surface area contributed by atoms with E-state index in [0.717, 1.165) is 0 Å². The van der Waals surface area contributed by atoms with Gasteiger partial charge in [0.2, 0.25) is 23.1 Å². The van der Waals surface area contributed by atoms with E-state index in [1.165, 1.54) is 0 Å². The van der Waals surface area contributed by atoms with Gasteiger partial charge in [-0.15, -0.1) is 0 Å². The third-order valence-electron chi connectivity index (χ3n) is 1.91. The summed E-state index contributed by atoms with van der Waals surface area (Å²) < 4.78 is 136. The SMILES string of the molecule is O=C(CC(=O)C(F)(F)F)C(F)(F)F.O=C(CC(=O)C(F)(F)F)C(F)(F)F.[Cu+2]. The van der Waals surface area contributed by atoms with Gasteiger partial charge in [0, 0.05) is 0 Å². The van der Waals surface area contributed by atoms with Crippen molar-refractivity contribution in [1.29, 1.82) is 0 Å². The molecular formula is C10H4CuF12O4+2. The van der Waals surface area contributed by atoms with Gasteiger partial charge in [0.25, 0.3) is 0 Å². The second kappa shape index (κ2) is 10.1. The Morgan fingerprint density at radius 1 is 0.407 bits per heavy atom. The molecule has 27 heavy (non-hydrogen) atoms. The standard InChI is InChI=1S/2C5H2F6O2.Cu/c2*6-4(7,8)2(12)1-3(13)5(9,10)11;/h2*1H2;/q;;+2. The number of carbonyl (C=O) groups is 4. The molecule has 0 aliphatic carbocycles. The molecule has 0 saturated heterocycles. The summed E-state index contributed by atoms with van der Waals surface area (Å²) in [5.41, 5.74) is 0. The molecule has 0 aromatic rings. The molecule has 0 amide bonds. The molecule has 17 heteroatoms. The van der Waals surface area contributed by atoms with Crippen LogP contribution in [-0.2, 0) is 36.2 Å². The molecule has 0 spiro atoms. The van der Waals surface area contributed by atoms with Crippen LogP contribution in [0.15, 0.2) is 0 Å². The quantitative estimate of drug-likeness (QED) is 0.353. The molecule has 161 valence electrons. The van der Waals surface area contributed by atoms with Crippen LogP contribution < -0.4 is 0 Å². The van der Waals surface area contributed by atoms with E-state index in [-0.39, 0.29) is 17.1 Å². The summed E-state index contributed by atoms with van der Waals surface area (Å²) in [4.78, 5) is 39.5. The summed E-state index contributed by atoms with van der Waals surface area (Å²) in [5, 5.41) is 0. The summed E-state index contributed by atoms with van der Waals surface area (Å²) in [7, 11) is 0. The second-order valence-electron chi connectivity index (χ2n) is 4.04. The first-order valence-electron chi connectivity index (χ1n) is 5.50. The number of hydrogen-bond donors (Lipinski definition) is 0. The number of ketones is 4. The predicted molar refractivity (Wildman–Crippen MR) is 53.5 cm³/mol. The van der Waals surface area contributed by atoms with Crippen LogP contribution >= 0.6 is 0 Å². The van der Waals surface area contributed by atoms with Crippen LogP contribution in [0.2, 0.25) is 0 Å². The zero-order valence-corrected chi connectivity index (χ0v) is 12.8. The summed E-state index contributed by atoms with van der Waals surface area (Å²) in [6.07, 6.45) is -26.0. The van der Waals surface area contributed by atoms with E-state index in [4.69, 9.17) is 0 Å². The predicted octanol–water partition coefficient (Wildman–Crippen LogP) is 3.28. The fourth-order valence-electron chi connectivity index (χ4n) is 0.693. The van der Waals surface area contributed by atoms with Crippen molar-refractivity contribution in [2.45, 2.75) is 37.5 Å². The molecule has 0 aromatic heterocycles. The monoisotopic (exact) mass is 479 g/mol. The van der Waals surface area contributed by atoms with E-state index in [9.17, 15) is 71.9 Å². The zero-order chi connectivity index (χ0) is 21.7. The molecule has 0 fully saturated rings. The normalized spacial score (nSPS) is 12.3. The summed E-state index contributed by atoms with van der Waals surface area (Å²) in [5.74, 6) is -10.8. The molecule has 0 saturated carbocycles. The molecule has 4 nitrogen and oxygen atoms in total. The van der Waals surface area contributed by atoms with E-state index in [2.05, 4.69) is 0 Å². The van der Waals surface area contributed by atoms with Gasteiger partial charge in [-0.1, -0.05) is 0 Å². The number of carbonyl (C=O) groups excluding carboxylic acids is 4. The first-order valence-corrected chi connectivity index (χ1v) is 5.50. The Hall–Kier alpha value is -1.64. The van der Waals surface area contributed by atoms with Crippen molar-refractivity contribution in [1.82, 2.24) is 0 Å². The molecule has 0 heterocycles. The Bertz CT molecular complexity index is 456. The minimum Gasteiger partial charge on any atom is -0.289 e. The molecule has 0 aliphatic rings. The number of Topliss-reactive ketones (excluding diaryl/α,β-unsaturated/α-hetero) is 4. The van der Waals surface area contributed by atoms with Crippen molar-refractivity contribution in [2.24, 2.45) is 0 Å². The Morgan fingerprint density at radius 3 is 0.593 bits per heavy atom. The van der Waals surface area contributed by atoms with Gasteiger partial charge in [-0.3, -0.25) is 19.2 Å². The van der Waals surface area contributed by atoms with Gasteiger partial charge in [-0.2, -0.15) is 52.7 Å². The summed E-state index contributed by atoms with van der Waals surface area (Å²) >= 11 is 0. The van der Waals surface area contributed by atoms with Crippen molar-refractivity contribution < 1.29 is 88.9 Å². The summed E-state index contributed by atoms with van der Waals surface area (Å²) in [6, 6.07) is 0. The zero-order valence-electron chi connectivity index (χ0n) is 11.9. The maximum atomic E-state index is 11.3. The van der Waals surface area contributed by atoms with Crippen LogP contribution in [0.25, 0.3) is 0 Å². The van der Waals surface area contributed by atoms with Crippen LogP contribution in [0.5, 0.6) is 0 Å². The molecule has 0 bridgehead atoms. The topological polar surface area (TPSA) is 68.3 Å². The summed E-state index contributed by atoms with van der Waals surface area (Å²) in [6.45, 7) is 0. The van der Waals surface area contributed by atoms with Gasteiger partial charge >= 0.3 is 41.8 Å². The third kappa shape index (κ3) is 13.2. The van der Waals surface area contributed by atoms with Crippen molar-refractivity contribution in [3.63, 3.8) is 0 Å². The number of hydrogen-bond acceptors (Lipinski definition) is 4. The number of alkyl halides is 12. The van der Waals surface area contributed by atoms with Crippen molar-refractivity contribution >= 4 is 23.1 Å². The number of halogens is 12. The fourth-order valence-corrected chi connectivity index (χ4v) is 0.693. The van der Waals surface area contributed by atoms with E-state index in [1.54, 1.807) is 0 Å². The fraction of sp³-hybridized carbons (Fsp3) is 0.600. The van der Waals surface area contributed by atoms with E-state index < -0.39 is 60.7 Å². The van der Waals surface area contributed by atoms with Gasteiger partial charge < -0.3 is 0 Å². The Kier molecular flexibility index (Phi) is 11.2. The van der Waals surface area contributed by atoms with Gasteiger partial charge in [-0.25, -0.2) is 0 Å². The minimum atomic E-state index is -5.40. The van der Waals surface area contributed by atoms with E-state index in [1.807, 2.05) is 0 Å². The first-order chi connectivity index (χ1) is 11.1. The molecule has 0 atom stereocenters. The molecule has 0 aromatic carbocycles. The average Bonchev–Trinajstić information content (AvgIpc) is 2.34. The molecule has 0 aliphatic heterocycles. The minimum absolute atomic E-state index is 0. The largest absolute Gasteiger partial charge is 2.00 e. The van der Waals surface area contributed by atoms with Crippen LogP contribution in [0.3, 0.4) is 0 Å². The molecule has 0 unspecified atom stereocenters. The van der Waals surface area contributed by atoms with E-state index >= 15 is 0 Å². The molecular weight excluding hydrogens is 476 g/mol. The Balaban J connectivity index is -0.000000411. The number of rotatable bonds is 4. The van der Waals surface area contributed by atoms with Crippen LogP contribution in [0.4, 0.5) is 52.7 Å². The Morgan fingerprint density at radius 2 is 0.519 bits per heavy atom. The van der Waals surface area contributed by atoms with Crippen molar-refractivity contribution in [2.75, 3.05) is 0 Å². The van der Waals surface area contributed by atoms with Crippen LogP contribution in [0.1, 0.15) is 12.8 Å². The third-order valence-corrected chi connectivity index (χ3v) is 1.91. The maximum Gasteiger partial charge on any atom is 2.00 e. The molecule has 1 radical (unpaired) electrons.